The van der Waals surface area contributed by atoms with Crippen molar-refractivity contribution in [1.29, 1.82) is 0 Å². The second kappa shape index (κ2) is 18.2. The van der Waals surface area contributed by atoms with Gasteiger partial charge in [0.2, 0.25) is 0 Å². The van der Waals surface area contributed by atoms with Crippen LogP contribution in [-0.2, 0) is 0 Å². The Morgan fingerprint density at radius 1 is 0.435 bits per heavy atom. The van der Waals surface area contributed by atoms with Gasteiger partial charge in [-0.1, -0.05) is 83.5 Å². The molecule has 140 valence electrons. The monoisotopic (exact) mass is 332 g/mol. The van der Waals surface area contributed by atoms with Gasteiger partial charge in [-0.25, -0.2) is 0 Å². The summed E-state index contributed by atoms with van der Waals surface area (Å²) in [6.45, 7) is -0.0188. The molecule has 0 aromatic carbocycles. The van der Waals surface area contributed by atoms with Crippen LogP contribution in [-0.4, -0.2) is 45.8 Å². The topological polar surface area (TPSA) is 80.9 Å². The maximum absolute atomic E-state index is 9.50. The lowest BCUT2D eigenvalue weighted by atomic mass is 10.0. The number of aliphatic hydroxyl groups is 4. The lowest BCUT2D eigenvalue weighted by Crippen LogP contribution is -2.28. The third-order valence-corrected chi connectivity index (χ3v) is 4.54. The molecule has 0 saturated carbocycles. The summed E-state index contributed by atoms with van der Waals surface area (Å²) in [6.07, 6.45) is 16.1. The third-order valence-electron chi connectivity index (χ3n) is 4.54. The maximum atomic E-state index is 9.50. The molecule has 4 nitrogen and oxygen atoms in total. The molecule has 0 aliphatic heterocycles. The highest BCUT2D eigenvalue weighted by atomic mass is 16.4. The summed E-state index contributed by atoms with van der Waals surface area (Å²) in [5, 5.41) is 36.1. The van der Waals surface area contributed by atoms with Gasteiger partial charge in [-0.3, -0.25) is 0 Å². The van der Waals surface area contributed by atoms with Crippen molar-refractivity contribution in [3.05, 3.63) is 0 Å². The smallest absolute Gasteiger partial charge is 0.103 e. The summed E-state index contributed by atoms with van der Waals surface area (Å²) in [5.41, 5.74) is 0. The van der Waals surface area contributed by atoms with Crippen LogP contribution in [0, 0.1) is 0 Å². The Bertz CT molecular complexity index is 223. The molecule has 0 aromatic heterocycles. The molecule has 0 aliphatic carbocycles. The van der Waals surface area contributed by atoms with Crippen LogP contribution < -0.4 is 0 Å². The van der Waals surface area contributed by atoms with Crippen LogP contribution in [0.15, 0.2) is 0 Å². The van der Waals surface area contributed by atoms with Crippen molar-refractivity contribution in [2.24, 2.45) is 0 Å². The molecule has 4 heteroatoms. The quantitative estimate of drug-likeness (QED) is 0.289. The molecule has 23 heavy (non-hydrogen) atoms. The van der Waals surface area contributed by atoms with Crippen molar-refractivity contribution in [3.63, 3.8) is 0 Å². The molecular weight excluding hydrogens is 292 g/mol. The van der Waals surface area contributed by atoms with Crippen LogP contribution in [0.1, 0.15) is 96.3 Å². The number of rotatable bonds is 18. The van der Waals surface area contributed by atoms with Gasteiger partial charge in [0.15, 0.2) is 0 Å². The predicted octanol–water partition coefficient (Wildman–Crippen LogP) is 3.54. The Morgan fingerprint density at radius 2 is 0.783 bits per heavy atom. The molecule has 4 N–H and O–H groups in total. The lowest BCUT2D eigenvalue weighted by Gasteiger charge is -2.14. The molecule has 0 saturated heterocycles. The van der Waals surface area contributed by atoms with Gasteiger partial charge in [-0.2, -0.15) is 0 Å². The lowest BCUT2D eigenvalue weighted by molar-refractivity contribution is -0.0185. The van der Waals surface area contributed by atoms with Crippen molar-refractivity contribution in [2.45, 2.75) is 109 Å². The van der Waals surface area contributed by atoms with E-state index < -0.39 is 12.2 Å². The first-order valence-corrected chi connectivity index (χ1v) is 9.80. The van der Waals surface area contributed by atoms with Crippen LogP contribution in [0.5, 0.6) is 0 Å². The fourth-order valence-corrected chi connectivity index (χ4v) is 2.90. The second-order valence-corrected chi connectivity index (χ2v) is 6.78. The number of hydrogen-bond donors (Lipinski definition) is 4. The first kappa shape index (κ1) is 22.8. The average molecular weight is 333 g/mol. The average Bonchev–Trinajstić information content (AvgIpc) is 2.57. The van der Waals surface area contributed by atoms with Crippen molar-refractivity contribution in [3.8, 4) is 0 Å². The van der Waals surface area contributed by atoms with E-state index in [0.29, 0.717) is 13.0 Å². The predicted molar refractivity (Wildman–Crippen MR) is 95.4 cm³/mol. The molecule has 0 fully saturated rings. The number of hydrogen-bond acceptors (Lipinski definition) is 4. The van der Waals surface area contributed by atoms with E-state index in [2.05, 4.69) is 0 Å². The normalized spacial score (nSPS) is 14.1. The van der Waals surface area contributed by atoms with Gasteiger partial charge in [0, 0.05) is 6.61 Å². The van der Waals surface area contributed by atoms with Gasteiger partial charge < -0.3 is 20.4 Å². The highest BCUT2D eigenvalue weighted by Gasteiger charge is 2.13. The Kier molecular flexibility index (Phi) is 18.1. The van der Waals surface area contributed by atoms with E-state index in [1.807, 2.05) is 0 Å². The minimum Gasteiger partial charge on any atom is -0.396 e. The summed E-state index contributed by atoms with van der Waals surface area (Å²) < 4.78 is 0. The summed E-state index contributed by atoms with van der Waals surface area (Å²) >= 11 is 0. The van der Waals surface area contributed by atoms with E-state index in [9.17, 15) is 10.2 Å². The first-order valence-electron chi connectivity index (χ1n) is 9.80. The van der Waals surface area contributed by atoms with E-state index in [1.54, 1.807) is 0 Å². The van der Waals surface area contributed by atoms with E-state index in [4.69, 9.17) is 10.2 Å². The molecule has 0 aromatic rings. The molecule has 0 heterocycles. The minimum atomic E-state index is -0.982. The zero-order valence-electron chi connectivity index (χ0n) is 15.0. The summed E-state index contributed by atoms with van der Waals surface area (Å²) in [6, 6.07) is 0. The Hall–Kier alpha value is -0.160. The molecule has 0 radical (unpaired) electrons. The second-order valence-electron chi connectivity index (χ2n) is 6.78. The summed E-state index contributed by atoms with van der Waals surface area (Å²) in [5.74, 6) is 0. The Morgan fingerprint density at radius 3 is 1.13 bits per heavy atom. The summed E-state index contributed by atoms with van der Waals surface area (Å²) in [4.78, 5) is 0. The van der Waals surface area contributed by atoms with E-state index in [-0.39, 0.29) is 6.61 Å². The van der Waals surface area contributed by atoms with E-state index in [1.165, 1.54) is 70.6 Å². The number of aliphatic hydroxyl groups excluding tert-OH is 4. The van der Waals surface area contributed by atoms with Crippen LogP contribution >= 0.6 is 0 Å². The maximum Gasteiger partial charge on any atom is 0.103 e. The van der Waals surface area contributed by atoms with Crippen molar-refractivity contribution in [2.75, 3.05) is 13.2 Å². The van der Waals surface area contributed by atoms with Crippen molar-refractivity contribution < 1.29 is 20.4 Å². The van der Waals surface area contributed by atoms with Crippen LogP contribution in [0.2, 0.25) is 0 Å². The van der Waals surface area contributed by atoms with Gasteiger partial charge in [-0.15, -0.1) is 0 Å². The Labute approximate surface area is 142 Å². The minimum absolute atomic E-state index is 0.338. The molecule has 0 bridgehead atoms. The largest absolute Gasteiger partial charge is 0.396 e. The van der Waals surface area contributed by atoms with Crippen LogP contribution in [0.3, 0.4) is 0 Å². The van der Waals surface area contributed by atoms with Gasteiger partial charge >= 0.3 is 0 Å². The van der Waals surface area contributed by atoms with Gasteiger partial charge in [-0.05, 0) is 12.8 Å². The van der Waals surface area contributed by atoms with E-state index >= 15 is 0 Å². The van der Waals surface area contributed by atoms with Gasteiger partial charge in [0.25, 0.3) is 0 Å². The van der Waals surface area contributed by atoms with Crippen LogP contribution in [0.4, 0.5) is 0 Å². The Balaban J connectivity index is 3.08. The SMILES string of the molecule is OCCCCCCCCCCCCCCCCC(O)C(O)CO. The highest BCUT2D eigenvalue weighted by Crippen LogP contribution is 2.14. The molecule has 0 rings (SSSR count). The zero-order valence-corrected chi connectivity index (χ0v) is 15.0. The van der Waals surface area contributed by atoms with Crippen molar-refractivity contribution >= 4 is 0 Å². The van der Waals surface area contributed by atoms with Gasteiger partial charge in [0.1, 0.15) is 6.10 Å². The fourth-order valence-electron chi connectivity index (χ4n) is 2.90. The van der Waals surface area contributed by atoms with E-state index in [0.717, 1.165) is 19.3 Å². The molecule has 0 amide bonds. The first-order chi connectivity index (χ1) is 11.2. The third kappa shape index (κ3) is 16.5. The molecule has 0 aliphatic rings. The highest BCUT2D eigenvalue weighted by molar-refractivity contribution is 4.65. The fraction of sp³-hybridized carbons (Fsp3) is 1.00. The zero-order chi connectivity index (χ0) is 17.2. The van der Waals surface area contributed by atoms with Gasteiger partial charge in [0.05, 0.1) is 12.7 Å². The summed E-state index contributed by atoms with van der Waals surface area (Å²) in [7, 11) is 0. The van der Waals surface area contributed by atoms with Crippen LogP contribution in [0.25, 0.3) is 0 Å². The standard InChI is InChI=1S/C19H40O4/c20-16-14-12-10-8-6-4-2-1-3-5-7-9-11-13-15-18(22)19(23)17-21/h18-23H,1-17H2. The molecule has 0 spiro atoms. The van der Waals surface area contributed by atoms with Crippen molar-refractivity contribution in [1.82, 2.24) is 0 Å². The molecule has 2 atom stereocenters. The molecular formula is C19H40O4. The number of unbranched alkanes of at least 4 members (excludes halogenated alkanes) is 13. The molecule has 2 unspecified atom stereocenters.